The monoisotopic (exact) mass is 354 g/mol. The quantitative estimate of drug-likeness (QED) is 0.369. The van der Waals surface area contributed by atoms with Crippen LogP contribution in [0.5, 0.6) is 0 Å². The molecule has 5 nitrogen and oxygen atoms in total. The smallest absolute Gasteiger partial charge is 0.232 e. The van der Waals surface area contributed by atoms with E-state index in [1.54, 1.807) is 0 Å². The van der Waals surface area contributed by atoms with Gasteiger partial charge in [-0.3, -0.25) is 10.1 Å². The zero-order valence-electron chi connectivity index (χ0n) is 14.8. The van der Waals surface area contributed by atoms with Gasteiger partial charge in [-0.05, 0) is 6.42 Å². The Kier molecular flexibility index (Phi) is 11.2. The van der Waals surface area contributed by atoms with E-state index in [-0.39, 0.29) is 22.8 Å². The topological polar surface area (TPSA) is 80.9 Å². The minimum Gasteiger partial charge on any atom is -0.383 e. The maximum atomic E-state index is 11.8. The Bertz CT molecular complexity index is 462. The van der Waals surface area contributed by atoms with Crippen molar-refractivity contribution in [2.24, 2.45) is 0 Å². The fourth-order valence-electron chi connectivity index (χ4n) is 2.63. The van der Waals surface area contributed by atoms with Gasteiger partial charge in [0, 0.05) is 12.5 Å². The molecule has 0 aliphatic heterocycles. The van der Waals surface area contributed by atoms with Crippen molar-refractivity contribution in [2.75, 3.05) is 11.1 Å². The number of carbonyl (C=O) groups excluding carboxylic acids is 1. The summed E-state index contributed by atoms with van der Waals surface area (Å²) >= 11 is 5.77. The highest BCUT2D eigenvalue weighted by atomic mass is 35.5. The van der Waals surface area contributed by atoms with E-state index in [1.807, 2.05) is 0 Å². The second-order valence-electron chi connectivity index (χ2n) is 6.27. The molecule has 0 spiro atoms. The number of nitrogens with one attached hydrogen (secondary N) is 1. The number of hydrogen-bond donors (Lipinski definition) is 2. The molecule has 1 amide bonds. The molecule has 0 aliphatic carbocycles. The van der Waals surface area contributed by atoms with Crippen LogP contribution in [-0.2, 0) is 4.79 Å². The van der Waals surface area contributed by atoms with E-state index in [1.165, 1.54) is 63.9 Å². The predicted molar refractivity (Wildman–Crippen MR) is 101 cm³/mol. The van der Waals surface area contributed by atoms with Gasteiger partial charge in [0.1, 0.15) is 11.0 Å². The van der Waals surface area contributed by atoms with Crippen LogP contribution >= 0.6 is 11.6 Å². The van der Waals surface area contributed by atoms with E-state index in [0.717, 1.165) is 12.8 Å². The molecule has 1 aromatic heterocycles. The first kappa shape index (κ1) is 20.7. The van der Waals surface area contributed by atoms with Crippen LogP contribution in [0.15, 0.2) is 6.07 Å². The van der Waals surface area contributed by atoms with Gasteiger partial charge in [0.2, 0.25) is 11.9 Å². The van der Waals surface area contributed by atoms with Crippen molar-refractivity contribution >= 4 is 29.3 Å². The van der Waals surface area contributed by atoms with Crippen molar-refractivity contribution in [3.63, 3.8) is 0 Å². The van der Waals surface area contributed by atoms with Crippen LogP contribution in [0.4, 0.5) is 11.8 Å². The molecule has 0 atom stereocenters. The Hall–Kier alpha value is -1.36. The number of rotatable bonds is 13. The van der Waals surface area contributed by atoms with Crippen molar-refractivity contribution in [2.45, 2.75) is 84.0 Å². The Morgan fingerprint density at radius 1 is 1.00 bits per heavy atom. The lowest BCUT2D eigenvalue weighted by atomic mass is 10.1. The maximum Gasteiger partial charge on any atom is 0.232 e. The molecule has 6 heteroatoms. The molecule has 136 valence electrons. The third kappa shape index (κ3) is 10.4. The normalized spacial score (nSPS) is 10.8. The summed E-state index contributed by atoms with van der Waals surface area (Å²) in [5.41, 5.74) is 5.56. The van der Waals surface area contributed by atoms with E-state index in [2.05, 4.69) is 22.2 Å². The molecule has 0 aromatic carbocycles. The first-order valence-corrected chi connectivity index (χ1v) is 9.59. The summed E-state index contributed by atoms with van der Waals surface area (Å²) < 4.78 is 0. The number of nitrogens with zero attached hydrogens (tertiary/aromatic N) is 2. The van der Waals surface area contributed by atoms with Gasteiger partial charge in [0.15, 0.2) is 0 Å². The second kappa shape index (κ2) is 13.0. The molecule has 3 N–H and O–H groups in total. The Labute approximate surface area is 150 Å². The molecular weight excluding hydrogens is 324 g/mol. The van der Waals surface area contributed by atoms with Crippen LogP contribution in [0.25, 0.3) is 0 Å². The number of carbonyl (C=O) groups is 1. The fraction of sp³-hybridized carbons (Fsp3) is 0.722. The van der Waals surface area contributed by atoms with Gasteiger partial charge >= 0.3 is 0 Å². The predicted octanol–water partition coefficient (Wildman–Crippen LogP) is 5.35. The Balaban J connectivity index is 1.98. The van der Waals surface area contributed by atoms with Crippen molar-refractivity contribution in [3.8, 4) is 0 Å². The lowest BCUT2D eigenvalue weighted by Crippen LogP contribution is -2.14. The largest absolute Gasteiger partial charge is 0.383 e. The van der Waals surface area contributed by atoms with E-state index in [9.17, 15) is 4.79 Å². The number of nitrogens with two attached hydrogens (primary N) is 1. The van der Waals surface area contributed by atoms with Crippen LogP contribution in [0.2, 0.25) is 5.15 Å². The summed E-state index contributed by atoms with van der Waals surface area (Å²) in [5, 5.41) is 2.86. The molecule has 0 bridgehead atoms. The molecule has 0 radical (unpaired) electrons. The lowest BCUT2D eigenvalue weighted by Gasteiger charge is -2.05. The molecule has 0 fully saturated rings. The van der Waals surface area contributed by atoms with Gasteiger partial charge < -0.3 is 5.73 Å². The molecule has 0 saturated carbocycles. The minimum atomic E-state index is -0.0902. The zero-order valence-corrected chi connectivity index (χ0v) is 15.6. The Morgan fingerprint density at radius 3 is 2.08 bits per heavy atom. The average molecular weight is 355 g/mol. The first-order chi connectivity index (χ1) is 11.6. The van der Waals surface area contributed by atoms with Crippen molar-refractivity contribution in [3.05, 3.63) is 11.2 Å². The van der Waals surface area contributed by atoms with Gasteiger partial charge in [0.05, 0.1) is 0 Å². The molecule has 1 heterocycles. The summed E-state index contributed by atoms with van der Waals surface area (Å²) in [6, 6.07) is 1.45. The Morgan fingerprint density at radius 2 is 1.54 bits per heavy atom. The standard InChI is InChI=1S/C18H31ClN4O/c1-2-3-4-5-6-7-8-9-10-11-12-13-17(24)23-18-21-15(19)14-16(20)22-18/h14H,2-13H2,1H3,(H3,20,21,22,23,24). The highest BCUT2D eigenvalue weighted by Crippen LogP contribution is 2.13. The number of aromatic nitrogens is 2. The molecule has 0 aliphatic rings. The molecule has 1 aromatic rings. The summed E-state index contributed by atoms with van der Waals surface area (Å²) in [4.78, 5) is 19.7. The van der Waals surface area contributed by atoms with E-state index >= 15 is 0 Å². The van der Waals surface area contributed by atoms with Crippen LogP contribution in [0, 0.1) is 0 Å². The molecule has 0 saturated heterocycles. The summed E-state index contributed by atoms with van der Waals surface area (Å²) in [6.07, 6.45) is 14.4. The number of hydrogen-bond acceptors (Lipinski definition) is 4. The zero-order chi connectivity index (χ0) is 17.6. The number of nitrogen functional groups attached to an aromatic ring is 1. The van der Waals surface area contributed by atoms with Crippen LogP contribution < -0.4 is 11.1 Å². The van der Waals surface area contributed by atoms with Gasteiger partial charge in [-0.2, -0.15) is 4.98 Å². The number of anilines is 2. The minimum absolute atomic E-state index is 0.0902. The molecule has 1 rings (SSSR count). The van der Waals surface area contributed by atoms with Crippen LogP contribution in [-0.4, -0.2) is 15.9 Å². The van der Waals surface area contributed by atoms with Gasteiger partial charge in [-0.25, -0.2) is 4.98 Å². The molecule has 24 heavy (non-hydrogen) atoms. The van der Waals surface area contributed by atoms with Gasteiger partial charge in [-0.1, -0.05) is 82.7 Å². The number of amides is 1. The van der Waals surface area contributed by atoms with Crippen molar-refractivity contribution < 1.29 is 4.79 Å². The van der Waals surface area contributed by atoms with Crippen molar-refractivity contribution in [1.29, 1.82) is 0 Å². The molecule has 0 unspecified atom stereocenters. The summed E-state index contributed by atoms with van der Waals surface area (Å²) in [5.74, 6) is 0.334. The average Bonchev–Trinajstić information content (AvgIpc) is 2.51. The fourth-order valence-corrected chi connectivity index (χ4v) is 2.82. The van der Waals surface area contributed by atoms with Gasteiger partial charge in [0.25, 0.3) is 0 Å². The summed E-state index contributed by atoms with van der Waals surface area (Å²) in [7, 11) is 0. The van der Waals surface area contributed by atoms with Crippen LogP contribution in [0.1, 0.15) is 84.0 Å². The maximum absolute atomic E-state index is 11.8. The first-order valence-electron chi connectivity index (χ1n) is 9.21. The van der Waals surface area contributed by atoms with Crippen LogP contribution in [0.3, 0.4) is 0 Å². The highest BCUT2D eigenvalue weighted by Gasteiger charge is 2.06. The third-order valence-electron chi connectivity index (χ3n) is 3.97. The highest BCUT2D eigenvalue weighted by molar-refractivity contribution is 6.29. The van der Waals surface area contributed by atoms with E-state index < -0.39 is 0 Å². The summed E-state index contributed by atoms with van der Waals surface area (Å²) in [6.45, 7) is 2.25. The van der Waals surface area contributed by atoms with E-state index in [0.29, 0.717) is 6.42 Å². The second-order valence-corrected chi connectivity index (χ2v) is 6.66. The number of unbranched alkanes of at least 4 members (excludes halogenated alkanes) is 10. The van der Waals surface area contributed by atoms with Gasteiger partial charge in [-0.15, -0.1) is 0 Å². The van der Waals surface area contributed by atoms with Crippen molar-refractivity contribution in [1.82, 2.24) is 9.97 Å². The number of halogens is 1. The third-order valence-corrected chi connectivity index (χ3v) is 4.17. The SMILES string of the molecule is CCCCCCCCCCCCCC(=O)Nc1nc(N)cc(Cl)n1. The lowest BCUT2D eigenvalue weighted by molar-refractivity contribution is -0.116. The van der Waals surface area contributed by atoms with E-state index in [4.69, 9.17) is 17.3 Å². The molecular formula is C18H31ClN4O.